The highest BCUT2D eigenvalue weighted by Crippen LogP contribution is 2.17. The molecule has 0 saturated heterocycles. The number of rotatable bonds is 4. The number of carbonyl (C=O) groups is 1. The molecule has 1 aromatic heterocycles. The van der Waals surface area contributed by atoms with Crippen molar-refractivity contribution in [3.63, 3.8) is 0 Å². The fourth-order valence-corrected chi connectivity index (χ4v) is 1.47. The molecule has 1 heterocycles. The minimum Gasteiger partial charge on any atom is -0.394 e. The van der Waals surface area contributed by atoms with E-state index in [0.29, 0.717) is 11.4 Å². The van der Waals surface area contributed by atoms with Crippen LogP contribution >= 0.6 is 11.6 Å². The largest absolute Gasteiger partial charge is 0.394 e. The van der Waals surface area contributed by atoms with Crippen LogP contribution in [-0.2, 0) is 0 Å². The molecule has 0 saturated carbocycles. The van der Waals surface area contributed by atoms with Gasteiger partial charge in [0.2, 0.25) is 0 Å². The third kappa shape index (κ3) is 3.85. The molecule has 0 aliphatic rings. The molecule has 0 aliphatic carbocycles. The molecule has 18 heavy (non-hydrogen) atoms. The summed E-state index contributed by atoms with van der Waals surface area (Å²) in [7, 11) is 3.63. The Morgan fingerprint density at radius 3 is 2.61 bits per heavy atom. The number of anilines is 1. The van der Waals surface area contributed by atoms with Crippen LogP contribution < -0.4 is 10.2 Å². The van der Waals surface area contributed by atoms with Crippen LogP contribution in [0.5, 0.6) is 0 Å². The lowest BCUT2D eigenvalue weighted by Gasteiger charge is -2.23. The molecule has 0 aliphatic heterocycles. The second kappa shape index (κ2) is 5.54. The third-order valence-corrected chi connectivity index (χ3v) is 2.54. The van der Waals surface area contributed by atoms with Gasteiger partial charge in [0, 0.05) is 19.7 Å². The highest BCUT2D eigenvalue weighted by atomic mass is 35.5. The van der Waals surface area contributed by atoms with Crippen LogP contribution in [0.1, 0.15) is 24.2 Å². The topological polar surface area (TPSA) is 65.5 Å². The van der Waals surface area contributed by atoms with Crippen LogP contribution in [0.15, 0.2) is 12.1 Å². The Labute approximate surface area is 112 Å². The van der Waals surface area contributed by atoms with Crippen molar-refractivity contribution < 1.29 is 9.90 Å². The average molecular weight is 272 g/mol. The van der Waals surface area contributed by atoms with Gasteiger partial charge >= 0.3 is 0 Å². The quantitative estimate of drug-likeness (QED) is 0.811. The number of pyridine rings is 1. The molecule has 0 atom stereocenters. The number of aliphatic hydroxyl groups is 1. The number of amides is 1. The van der Waals surface area contributed by atoms with Crippen molar-refractivity contribution in [3.05, 3.63) is 22.8 Å². The van der Waals surface area contributed by atoms with Gasteiger partial charge in [0.05, 0.1) is 12.1 Å². The summed E-state index contributed by atoms with van der Waals surface area (Å²) < 4.78 is 0. The number of aliphatic hydroxyl groups excluding tert-OH is 1. The number of halogens is 1. The lowest BCUT2D eigenvalue weighted by Crippen LogP contribution is -2.46. The zero-order chi connectivity index (χ0) is 13.9. The van der Waals surface area contributed by atoms with Gasteiger partial charge in [-0.1, -0.05) is 11.6 Å². The number of aromatic nitrogens is 1. The molecule has 1 aromatic rings. The maximum absolute atomic E-state index is 12.0. The number of hydrogen-bond acceptors (Lipinski definition) is 4. The maximum Gasteiger partial charge on any atom is 0.252 e. The second-order valence-corrected chi connectivity index (χ2v) is 5.31. The average Bonchev–Trinajstić information content (AvgIpc) is 2.27. The molecule has 2 N–H and O–H groups in total. The highest BCUT2D eigenvalue weighted by Gasteiger charge is 2.20. The lowest BCUT2D eigenvalue weighted by molar-refractivity contribution is 0.0869. The summed E-state index contributed by atoms with van der Waals surface area (Å²) in [6.45, 7) is 3.33. The molecule has 0 aromatic carbocycles. The zero-order valence-corrected chi connectivity index (χ0v) is 11.7. The summed E-state index contributed by atoms with van der Waals surface area (Å²) in [4.78, 5) is 17.9. The molecule has 1 rings (SSSR count). The van der Waals surface area contributed by atoms with E-state index < -0.39 is 5.54 Å². The van der Waals surface area contributed by atoms with Crippen LogP contribution in [0.3, 0.4) is 0 Å². The van der Waals surface area contributed by atoms with E-state index in [1.807, 2.05) is 14.1 Å². The van der Waals surface area contributed by atoms with Crippen molar-refractivity contribution in [3.8, 4) is 0 Å². The number of nitrogens with zero attached hydrogens (tertiary/aromatic N) is 2. The fourth-order valence-electron chi connectivity index (χ4n) is 1.26. The lowest BCUT2D eigenvalue weighted by atomic mass is 10.1. The molecule has 0 radical (unpaired) electrons. The molecule has 0 unspecified atom stereocenters. The van der Waals surface area contributed by atoms with Crippen LogP contribution in [-0.4, -0.2) is 42.2 Å². The van der Waals surface area contributed by atoms with Crippen LogP contribution in [0.25, 0.3) is 0 Å². The van der Waals surface area contributed by atoms with Gasteiger partial charge in [0.25, 0.3) is 5.91 Å². The first-order valence-corrected chi connectivity index (χ1v) is 5.91. The fraction of sp³-hybridized carbons (Fsp3) is 0.500. The molecule has 0 fully saturated rings. The van der Waals surface area contributed by atoms with Gasteiger partial charge in [-0.15, -0.1) is 0 Å². The van der Waals surface area contributed by atoms with Crippen LogP contribution in [0.4, 0.5) is 5.82 Å². The summed E-state index contributed by atoms with van der Waals surface area (Å²) in [5, 5.41) is 12.1. The van der Waals surface area contributed by atoms with Gasteiger partial charge in [-0.2, -0.15) is 0 Å². The summed E-state index contributed by atoms with van der Waals surface area (Å²) in [5.41, 5.74) is -0.259. The summed E-state index contributed by atoms with van der Waals surface area (Å²) in [6, 6.07) is 3.14. The van der Waals surface area contributed by atoms with Crippen molar-refractivity contribution in [2.24, 2.45) is 0 Å². The van der Waals surface area contributed by atoms with E-state index >= 15 is 0 Å². The summed E-state index contributed by atoms with van der Waals surface area (Å²) in [6.07, 6.45) is 0. The first-order valence-electron chi connectivity index (χ1n) is 5.53. The highest BCUT2D eigenvalue weighted by molar-refractivity contribution is 6.29. The van der Waals surface area contributed by atoms with Crippen LogP contribution in [0.2, 0.25) is 5.15 Å². The van der Waals surface area contributed by atoms with E-state index in [1.165, 1.54) is 6.07 Å². The Kier molecular flexibility index (Phi) is 4.53. The smallest absolute Gasteiger partial charge is 0.252 e. The van der Waals surface area contributed by atoms with Crippen molar-refractivity contribution in [1.82, 2.24) is 10.3 Å². The van der Waals surface area contributed by atoms with E-state index in [4.69, 9.17) is 16.7 Å². The predicted octanol–water partition coefficient (Wildman–Crippen LogP) is 1.30. The first kappa shape index (κ1) is 14.7. The monoisotopic (exact) mass is 271 g/mol. The van der Waals surface area contributed by atoms with Crippen LogP contribution in [0, 0.1) is 0 Å². The maximum atomic E-state index is 12.0. The van der Waals surface area contributed by atoms with E-state index in [-0.39, 0.29) is 17.7 Å². The number of carbonyl (C=O) groups excluding carboxylic acids is 1. The van der Waals surface area contributed by atoms with Crippen molar-refractivity contribution in [1.29, 1.82) is 0 Å². The Morgan fingerprint density at radius 1 is 1.50 bits per heavy atom. The van der Waals surface area contributed by atoms with Gasteiger partial charge in [0.1, 0.15) is 11.0 Å². The Morgan fingerprint density at radius 2 is 2.11 bits per heavy atom. The summed E-state index contributed by atoms with van der Waals surface area (Å²) in [5.74, 6) is 0.316. The van der Waals surface area contributed by atoms with E-state index in [9.17, 15) is 4.79 Å². The first-order chi connectivity index (χ1) is 8.25. The minimum absolute atomic E-state index is 0.141. The van der Waals surface area contributed by atoms with Crippen molar-refractivity contribution >= 4 is 23.3 Å². The molecule has 6 heteroatoms. The Bertz CT molecular complexity index is 447. The predicted molar refractivity (Wildman–Crippen MR) is 72.2 cm³/mol. The van der Waals surface area contributed by atoms with E-state index in [2.05, 4.69) is 10.3 Å². The molecule has 0 bridgehead atoms. The molecule has 5 nitrogen and oxygen atoms in total. The number of hydrogen-bond donors (Lipinski definition) is 2. The molecule has 0 spiro atoms. The Balaban J connectivity index is 2.99. The van der Waals surface area contributed by atoms with Gasteiger partial charge in [-0.25, -0.2) is 4.98 Å². The molecular weight excluding hydrogens is 254 g/mol. The van der Waals surface area contributed by atoms with Crippen molar-refractivity contribution in [2.75, 3.05) is 25.6 Å². The Hall–Kier alpha value is -1.33. The molecule has 1 amide bonds. The van der Waals surface area contributed by atoms with E-state index in [0.717, 1.165) is 0 Å². The van der Waals surface area contributed by atoms with Gasteiger partial charge in [0.15, 0.2) is 0 Å². The number of nitrogens with one attached hydrogen (secondary N) is 1. The standard InChI is InChI=1S/C12H18ClN3O2/c1-12(2,7-17)15-11(18)8-5-9(13)14-10(6-8)16(3)4/h5-6,17H,7H2,1-4H3,(H,15,18). The molecular formula is C12H18ClN3O2. The minimum atomic E-state index is -0.675. The van der Waals surface area contributed by atoms with Gasteiger partial charge in [-0.3, -0.25) is 4.79 Å². The second-order valence-electron chi connectivity index (χ2n) is 4.93. The van der Waals surface area contributed by atoms with E-state index in [1.54, 1.807) is 24.8 Å². The SMILES string of the molecule is CN(C)c1cc(C(=O)NC(C)(C)CO)cc(Cl)n1. The van der Waals surface area contributed by atoms with Gasteiger partial charge < -0.3 is 15.3 Å². The molecule has 100 valence electrons. The summed E-state index contributed by atoms with van der Waals surface area (Å²) >= 11 is 5.88. The van der Waals surface area contributed by atoms with Gasteiger partial charge in [-0.05, 0) is 26.0 Å². The normalized spacial score (nSPS) is 11.2. The third-order valence-electron chi connectivity index (χ3n) is 2.35. The van der Waals surface area contributed by atoms with Crippen molar-refractivity contribution in [2.45, 2.75) is 19.4 Å². The zero-order valence-electron chi connectivity index (χ0n) is 11.0.